The fourth-order valence-corrected chi connectivity index (χ4v) is 1.87. The molecule has 1 aromatic carbocycles. The maximum Gasteiger partial charge on any atom is 0.254 e. The van der Waals surface area contributed by atoms with Crippen LogP contribution in [0.5, 0.6) is 0 Å². The summed E-state index contributed by atoms with van der Waals surface area (Å²) in [6, 6.07) is 11.8. The lowest BCUT2D eigenvalue weighted by molar-refractivity contribution is 0.888. The Bertz CT molecular complexity index is 687. The number of rotatable bonds is 2. The molecular weight excluding hydrogens is 226 g/mol. The highest BCUT2D eigenvalue weighted by molar-refractivity contribution is 5.54. The second-order valence-corrected chi connectivity index (χ2v) is 4.18. The third-order valence-electron chi connectivity index (χ3n) is 2.65. The van der Waals surface area contributed by atoms with E-state index in [4.69, 9.17) is 0 Å². The van der Waals surface area contributed by atoms with Crippen molar-refractivity contribution in [3.05, 3.63) is 47.8 Å². The van der Waals surface area contributed by atoms with E-state index < -0.39 is 0 Å². The summed E-state index contributed by atoms with van der Waals surface area (Å²) >= 11 is 0. The molecule has 0 aliphatic rings. The number of fused-ring (bicyclic) bond motifs is 1. The van der Waals surface area contributed by atoms with Gasteiger partial charge in [-0.25, -0.2) is 4.98 Å². The lowest BCUT2D eigenvalue weighted by Crippen LogP contribution is -1.97. The molecule has 3 aromatic rings. The van der Waals surface area contributed by atoms with Gasteiger partial charge in [0, 0.05) is 17.1 Å². The summed E-state index contributed by atoms with van der Waals surface area (Å²) in [4.78, 5) is 8.71. The van der Waals surface area contributed by atoms with E-state index in [0.29, 0.717) is 11.7 Å². The largest absolute Gasteiger partial charge is 0.323 e. The van der Waals surface area contributed by atoms with Crippen LogP contribution in [-0.4, -0.2) is 19.6 Å². The smallest absolute Gasteiger partial charge is 0.254 e. The average Bonchev–Trinajstić information content (AvgIpc) is 2.73. The minimum absolute atomic E-state index is 0.558. The van der Waals surface area contributed by atoms with E-state index in [9.17, 15) is 0 Å². The number of anilines is 2. The average molecular weight is 239 g/mol. The van der Waals surface area contributed by atoms with Crippen molar-refractivity contribution >= 4 is 17.4 Å². The summed E-state index contributed by atoms with van der Waals surface area (Å²) in [5, 5.41) is 7.54. The lowest BCUT2D eigenvalue weighted by Gasteiger charge is -1.99. The van der Waals surface area contributed by atoms with Gasteiger partial charge in [-0.05, 0) is 32.0 Å². The molecule has 0 saturated heterocycles. The highest BCUT2D eigenvalue weighted by Crippen LogP contribution is 2.13. The summed E-state index contributed by atoms with van der Waals surface area (Å²) in [5.41, 5.74) is 2.92. The minimum atomic E-state index is 0.558. The van der Waals surface area contributed by atoms with Gasteiger partial charge in [0.05, 0.1) is 0 Å². The van der Waals surface area contributed by atoms with E-state index in [-0.39, 0.29) is 0 Å². The quantitative estimate of drug-likeness (QED) is 0.746. The first-order chi connectivity index (χ1) is 8.72. The molecule has 0 amide bonds. The van der Waals surface area contributed by atoms with E-state index in [1.54, 1.807) is 4.52 Å². The fraction of sp³-hybridized carbons (Fsp3) is 0.154. The van der Waals surface area contributed by atoms with Gasteiger partial charge in [-0.1, -0.05) is 18.2 Å². The van der Waals surface area contributed by atoms with E-state index in [1.807, 2.05) is 50.2 Å². The van der Waals surface area contributed by atoms with Crippen LogP contribution in [0.1, 0.15) is 11.4 Å². The zero-order chi connectivity index (χ0) is 12.5. The van der Waals surface area contributed by atoms with Crippen LogP contribution in [0.3, 0.4) is 0 Å². The molecule has 0 fully saturated rings. The van der Waals surface area contributed by atoms with Crippen LogP contribution in [0.15, 0.2) is 36.4 Å². The fourth-order valence-electron chi connectivity index (χ4n) is 1.87. The van der Waals surface area contributed by atoms with Gasteiger partial charge in [0.2, 0.25) is 5.95 Å². The van der Waals surface area contributed by atoms with Crippen LogP contribution < -0.4 is 5.32 Å². The molecule has 18 heavy (non-hydrogen) atoms. The number of benzene rings is 1. The molecule has 0 aliphatic heterocycles. The van der Waals surface area contributed by atoms with Gasteiger partial charge >= 0.3 is 0 Å². The van der Waals surface area contributed by atoms with Gasteiger partial charge in [0.15, 0.2) is 0 Å². The van der Waals surface area contributed by atoms with Gasteiger partial charge in [0.25, 0.3) is 5.78 Å². The number of nitrogens with one attached hydrogen (secondary N) is 1. The Labute approximate surface area is 105 Å². The standard InChI is InChI=1S/C13H13N5/c1-9-8-10(2)18-13(14-9)16-12(17-18)15-11-6-4-3-5-7-11/h3-8H,1-2H3,(H,15,17). The summed E-state index contributed by atoms with van der Waals surface area (Å²) in [5.74, 6) is 1.17. The molecular formula is C13H13N5. The topological polar surface area (TPSA) is 55.1 Å². The lowest BCUT2D eigenvalue weighted by atomic mass is 10.3. The molecule has 3 rings (SSSR count). The first-order valence-corrected chi connectivity index (χ1v) is 5.75. The maximum atomic E-state index is 4.38. The van der Waals surface area contributed by atoms with E-state index in [1.165, 1.54) is 0 Å². The van der Waals surface area contributed by atoms with Crippen molar-refractivity contribution in [1.29, 1.82) is 0 Å². The zero-order valence-corrected chi connectivity index (χ0v) is 10.3. The van der Waals surface area contributed by atoms with Gasteiger partial charge in [-0.15, -0.1) is 5.10 Å². The summed E-state index contributed by atoms with van der Waals surface area (Å²) in [6.45, 7) is 3.94. The van der Waals surface area contributed by atoms with Crippen LogP contribution in [0.2, 0.25) is 0 Å². The van der Waals surface area contributed by atoms with Gasteiger partial charge in [-0.2, -0.15) is 9.50 Å². The van der Waals surface area contributed by atoms with Gasteiger partial charge in [0.1, 0.15) is 0 Å². The maximum absolute atomic E-state index is 4.38. The molecule has 0 saturated carbocycles. The third-order valence-corrected chi connectivity index (χ3v) is 2.65. The molecule has 2 aromatic heterocycles. The molecule has 0 radical (unpaired) electrons. The van der Waals surface area contributed by atoms with Crippen LogP contribution in [0.25, 0.3) is 5.78 Å². The summed E-state index contributed by atoms with van der Waals surface area (Å²) < 4.78 is 1.73. The van der Waals surface area contributed by atoms with Crippen molar-refractivity contribution in [2.24, 2.45) is 0 Å². The molecule has 0 bridgehead atoms. The predicted molar refractivity (Wildman–Crippen MR) is 70.0 cm³/mol. The van der Waals surface area contributed by atoms with Gasteiger partial charge in [-0.3, -0.25) is 0 Å². The van der Waals surface area contributed by atoms with Crippen LogP contribution in [0.4, 0.5) is 11.6 Å². The van der Waals surface area contributed by atoms with Crippen LogP contribution in [0, 0.1) is 13.8 Å². The van der Waals surface area contributed by atoms with Crippen molar-refractivity contribution in [1.82, 2.24) is 19.6 Å². The van der Waals surface area contributed by atoms with E-state index >= 15 is 0 Å². The van der Waals surface area contributed by atoms with Crippen molar-refractivity contribution in [3.8, 4) is 0 Å². The third kappa shape index (κ3) is 1.90. The normalized spacial score (nSPS) is 10.8. The van der Waals surface area contributed by atoms with Crippen LogP contribution in [-0.2, 0) is 0 Å². The molecule has 5 nitrogen and oxygen atoms in total. The Kier molecular flexibility index (Phi) is 2.44. The first-order valence-electron chi connectivity index (χ1n) is 5.75. The number of aryl methyl sites for hydroxylation is 2. The molecule has 2 heterocycles. The predicted octanol–water partition coefficient (Wildman–Crippen LogP) is 2.48. The van der Waals surface area contributed by atoms with Gasteiger partial charge < -0.3 is 5.32 Å². The van der Waals surface area contributed by atoms with Crippen molar-refractivity contribution in [3.63, 3.8) is 0 Å². The van der Waals surface area contributed by atoms with Crippen LogP contribution >= 0.6 is 0 Å². The summed E-state index contributed by atoms with van der Waals surface area (Å²) in [7, 11) is 0. The van der Waals surface area contributed by atoms with Crippen molar-refractivity contribution in [2.45, 2.75) is 13.8 Å². The van der Waals surface area contributed by atoms with Crippen molar-refractivity contribution in [2.75, 3.05) is 5.32 Å². The highest BCUT2D eigenvalue weighted by Gasteiger charge is 2.07. The number of hydrogen-bond acceptors (Lipinski definition) is 4. The Morgan fingerprint density at radius 1 is 1.06 bits per heavy atom. The number of para-hydroxylation sites is 1. The second-order valence-electron chi connectivity index (χ2n) is 4.18. The molecule has 0 atom stereocenters. The molecule has 5 heteroatoms. The Morgan fingerprint density at radius 2 is 1.83 bits per heavy atom. The highest BCUT2D eigenvalue weighted by atomic mass is 15.4. The molecule has 1 N–H and O–H groups in total. The SMILES string of the molecule is Cc1cc(C)n2nc(Nc3ccccc3)nc2n1. The Hall–Kier alpha value is -2.43. The van der Waals surface area contributed by atoms with E-state index in [0.717, 1.165) is 17.1 Å². The minimum Gasteiger partial charge on any atom is -0.323 e. The zero-order valence-electron chi connectivity index (χ0n) is 10.3. The Morgan fingerprint density at radius 3 is 2.61 bits per heavy atom. The number of nitrogens with zero attached hydrogens (tertiary/aromatic N) is 4. The number of hydrogen-bond donors (Lipinski definition) is 1. The monoisotopic (exact) mass is 239 g/mol. The first kappa shape index (κ1) is 10.7. The Balaban J connectivity index is 2.01. The number of aromatic nitrogens is 4. The molecule has 90 valence electrons. The van der Waals surface area contributed by atoms with E-state index in [2.05, 4.69) is 20.4 Å². The molecule has 0 spiro atoms. The molecule has 0 aliphatic carbocycles. The van der Waals surface area contributed by atoms with Crippen molar-refractivity contribution < 1.29 is 0 Å². The summed E-state index contributed by atoms with van der Waals surface area (Å²) in [6.07, 6.45) is 0. The second kappa shape index (κ2) is 4.10. The molecule has 0 unspecified atom stereocenters.